The molecule has 0 unspecified atom stereocenters. The lowest BCUT2D eigenvalue weighted by molar-refractivity contribution is 0.632. The third-order valence-electron chi connectivity index (χ3n) is 2.61. The molecule has 0 saturated carbocycles. The summed E-state index contributed by atoms with van der Waals surface area (Å²) in [7, 11) is 0. The lowest BCUT2D eigenvalue weighted by Gasteiger charge is -2.07. The Hall–Kier alpha value is -0.540. The highest BCUT2D eigenvalue weighted by atomic mass is 32.2. The molecule has 1 aromatic heterocycles. The number of thioether (sulfide) groups is 1. The van der Waals surface area contributed by atoms with Crippen molar-refractivity contribution in [2.75, 3.05) is 18.6 Å². The summed E-state index contributed by atoms with van der Waals surface area (Å²) in [5, 5.41) is 3.46. The van der Waals surface area contributed by atoms with E-state index in [4.69, 9.17) is 0 Å². The van der Waals surface area contributed by atoms with Gasteiger partial charge in [-0.25, -0.2) is 0 Å². The van der Waals surface area contributed by atoms with Gasteiger partial charge >= 0.3 is 0 Å². The molecule has 0 aromatic carbocycles. The van der Waals surface area contributed by atoms with E-state index in [0.29, 0.717) is 0 Å². The average Bonchev–Trinajstić information content (AvgIpc) is 2.34. The van der Waals surface area contributed by atoms with Crippen molar-refractivity contribution in [3.05, 3.63) is 29.6 Å². The van der Waals surface area contributed by atoms with Crippen molar-refractivity contribution < 1.29 is 0 Å². The predicted molar refractivity (Wildman–Crippen MR) is 72.9 cm³/mol. The predicted octanol–water partition coefficient (Wildman–Crippen LogP) is 2.88. The van der Waals surface area contributed by atoms with Gasteiger partial charge in [-0.1, -0.05) is 13.0 Å². The molecule has 90 valence electrons. The molecule has 0 atom stereocenters. The van der Waals surface area contributed by atoms with Crippen LogP contribution < -0.4 is 5.32 Å². The molecule has 0 aliphatic rings. The number of nitrogens with one attached hydrogen (secondary N) is 1. The summed E-state index contributed by atoms with van der Waals surface area (Å²) in [6, 6.07) is 4.18. The van der Waals surface area contributed by atoms with Crippen LogP contribution in [0.2, 0.25) is 0 Å². The first kappa shape index (κ1) is 13.5. The number of hydrogen-bond acceptors (Lipinski definition) is 3. The summed E-state index contributed by atoms with van der Waals surface area (Å²) in [6.45, 7) is 4.18. The first-order chi connectivity index (χ1) is 7.88. The van der Waals surface area contributed by atoms with Crippen LogP contribution in [0.15, 0.2) is 18.3 Å². The molecule has 0 aliphatic heterocycles. The van der Waals surface area contributed by atoms with Crippen molar-refractivity contribution in [1.82, 2.24) is 10.3 Å². The molecule has 16 heavy (non-hydrogen) atoms. The lowest BCUT2D eigenvalue weighted by Crippen LogP contribution is -2.17. The van der Waals surface area contributed by atoms with Crippen LogP contribution >= 0.6 is 11.8 Å². The van der Waals surface area contributed by atoms with Gasteiger partial charge in [-0.15, -0.1) is 0 Å². The van der Waals surface area contributed by atoms with E-state index in [9.17, 15) is 0 Å². The molecule has 0 bridgehead atoms. The van der Waals surface area contributed by atoms with E-state index in [-0.39, 0.29) is 0 Å². The molecule has 0 saturated heterocycles. The van der Waals surface area contributed by atoms with Crippen molar-refractivity contribution in [1.29, 1.82) is 0 Å². The van der Waals surface area contributed by atoms with Gasteiger partial charge in [-0.2, -0.15) is 11.8 Å². The zero-order valence-electron chi connectivity index (χ0n) is 10.3. The number of rotatable bonds is 8. The normalized spacial score (nSPS) is 10.6. The highest BCUT2D eigenvalue weighted by Gasteiger charge is 1.99. The highest BCUT2D eigenvalue weighted by Crippen LogP contribution is 2.05. The first-order valence-corrected chi connectivity index (χ1v) is 7.40. The SMILES string of the molecule is CCc1cccnc1CNCCCCSC. The molecule has 0 spiro atoms. The third-order valence-corrected chi connectivity index (χ3v) is 3.31. The Bertz CT molecular complexity index is 289. The number of aryl methyl sites for hydroxylation is 1. The second-order valence-electron chi connectivity index (χ2n) is 3.84. The Labute approximate surface area is 103 Å². The average molecular weight is 238 g/mol. The molecule has 1 rings (SSSR count). The van der Waals surface area contributed by atoms with Crippen LogP contribution in [0.5, 0.6) is 0 Å². The monoisotopic (exact) mass is 238 g/mol. The summed E-state index contributed by atoms with van der Waals surface area (Å²) < 4.78 is 0. The number of nitrogens with zero attached hydrogens (tertiary/aromatic N) is 1. The molecule has 0 aliphatic carbocycles. The number of aromatic nitrogens is 1. The highest BCUT2D eigenvalue weighted by molar-refractivity contribution is 7.98. The molecule has 1 aromatic rings. The Morgan fingerprint density at radius 1 is 1.38 bits per heavy atom. The maximum Gasteiger partial charge on any atom is 0.0573 e. The summed E-state index contributed by atoms with van der Waals surface area (Å²) in [6.07, 6.45) is 7.67. The number of unbranched alkanes of at least 4 members (excludes halogenated alkanes) is 1. The third kappa shape index (κ3) is 4.99. The standard InChI is InChI=1S/C13H22N2S/c1-3-12-7-6-9-15-13(12)11-14-8-4-5-10-16-2/h6-7,9,14H,3-5,8,10-11H2,1-2H3. The van der Waals surface area contributed by atoms with Gasteiger partial charge in [0, 0.05) is 12.7 Å². The fourth-order valence-electron chi connectivity index (χ4n) is 1.66. The Balaban J connectivity index is 2.21. The van der Waals surface area contributed by atoms with Gasteiger partial charge in [0.15, 0.2) is 0 Å². The van der Waals surface area contributed by atoms with Crippen molar-refractivity contribution in [3.8, 4) is 0 Å². The quantitative estimate of drug-likeness (QED) is 0.705. The van der Waals surface area contributed by atoms with Crippen LogP contribution in [0.4, 0.5) is 0 Å². The molecule has 1 N–H and O–H groups in total. The van der Waals surface area contributed by atoms with Crippen LogP contribution in [0.25, 0.3) is 0 Å². The molecular weight excluding hydrogens is 216 g/mol. The minimum absolute atomic E-state index is 0.906. The van der Waals surface area contributed by atoms with Crippen molar-refractivity contribution >= 4 is 11.8 Å². The molecule has 2 nitrogen and oxygen atoms in total. The topological polar surface area (TPSA) is 24.9 Å². The van der Waals surface area contributed by atoms with Crippen LogP contribution in [0.1, 0.15) is 31.0 Å². The minimum atomic E-state index is 0.906. The van der Waals surface area contributed by atoms with E-state index in [2.05, 4.69) is 29.5 Å². The van der Waals surface area contributed by atoms with Gasteiger partial charge < -0.3 is 5.32 Å². The van der Waals surface area contributed by atoms with Crippen LogP contribution in [0.3, 0.4) is 0 Å². The van der Waals surface area contributed by atoms with Gasteiger partial charge in [-0.3, -0.25) is 4.98 Å². The summed E-state index contributed by atoms with van der Waals surface area (Å²) in [5.41, 5.74) is 2.56. The molecule has 3 heteroatoms. The van der Waals surface area contributed by atoms with E-state index in [1.807, 2.05) is 24.0 Å². The van der Waals surface area contributed by atoms with Crippen molar-refractivity contribution in [3.63, 3.8) is 0 Å². The maximum atomic E-state index is 4.42. The van der Waals surface area contributed by atoms with Gasteiger partial charge in [0.2, 0.25) is 0 Å². The molecule has 0 amide bonds. The fraction of sp³-hybridized carbons (Fsp3) is 0.615. The van der Waals surface area contributed by atoms with Gasteiger partial charge in [-0.05, 0) is 49.4 Å². The smallest absolute Gasteiger partial charge is 0.0573 e. The van der Waals surface area contributed by atoms with Crippen molar-refractivity contribution in [2.45, 2.75) is 32.7 Å². The van der Waals surface area contributed by atoms with E-state index in [0.717, 1.165) is 19.5 Å². The first-order valence-electron chi connectivity index (χ1n) is 6.01. The number of hydrogen-bond donors (Lipinski definition) is 1. The lowest BCUT2D eigenvalue weighted by atomic mass is 10.1. The van der Waals surface area contributed by atoms with Crippen molar-refractivity contribution in [2.24, 2.45) is 0 Å². The van der Waals surface area contributed by atoms with E-state index in [1.54, 1.807) is 0 Å². The van der Waals surface area contributed by atoms with E-state index in [1.165, 1.54) is 29.9 Å². The molecule has 1 heterocycles. The maximum absolute atomic E-state index is 4.42. The van der Waals surface area contributed by atoms with E-state index < -0.39 is 0 Å². The molecular formula is C13H22N2S. The fourth-order valence-corrected chi connectivity index (χ4v) is 2.15. The van der Waals surface area contributed by atoms with Crippen LogP contribution in [0, 0.1) is 0 Å². The van der Waals surface area contributed by atoms with Gasteiger partial charge in [0.25, 0.3) is 0 Å². The number of pyridine rings is 1. The second-order valence-corrected chi connectivity index (χ2v) is 4.83. The zero-order chi connectivity index (χ0) is 11.6. The minimum Gasteiger partial charge on any atom is -0.311 e. The second kappa shape index (κ2) is 8.59. The summed E-state index contributed by atoms with van der Waals surface area (Å²) >= 11 is 1.92. The molecule has 0 fully saturated rings. The van der Waals surface area contributed by atoms with Gasteiger partial charge in [0.1, 0.15) is 0 Å². The summed E-state index contributed by atoms with van der Waals surface area (Å²) in [5.74, 6) is 1.27. The largest absolute Gasteiger partial charge is 0.311 e. The van der Waals surface area contributed by atoms with E-state index >= 15 is 0 Å². The summed E-state index contributed by atoms with van der Waals surface area (Å²) in [4.78, 5) is 4.42. The van der Waals surface area contributed by atoms with Crippen LogP contribution in [-0.4, -0.2) is 23.5 Å². The Morgan fingerprint density at radius 2 is 2.25 bits per heavy atom. The van der Waals surface area contributed by atoms with Crippen LogP contribution in [-0.2, 0) is 13.0 Å². The molecule has 0 radical (unpaired) electrons. The Morgan fingerprint density at radius 3 is 3.00 bits per heavy atom. The zero-order valence-corrected chi connectivity index (χ0v) is 11.1. The van der Waals surface area contributed by atoms with Gasteiger partial charge in [0.05, 0.1) is 5.69 Å². The Kier molecular flexibility index (Phi) is 7.26.